The Bertz CT molecular complexity index is 1290. The lowest BCUT2D eigenvalue weighted by molar-refractivity contribution is 0.0745. The maximum absolute atomic E-state index is 13.0. The number of nitrogens with one attached hydrogen (secondary N) is 1. The van der Waals surface area contributed by atoms with Crippen molar-refractivity contribution < 1.29 is 19.1 Å². The summed E-state index contributed by atoms with van der Waals surface area (Å²) in [6.45, 7) is 2.59. The van der Waals surface area contributed by atoms with Crippen molar-refractivity contribution in [2.45, 2.75) is 6.42 Å². The molecule has 0 unspecified atom stereocenters. The molecule has 0 aliphatic carbocycles. The first-order valence-corrected chi connectivity index (χ1v) is 12.0. The average molecular weight is 500 g/mol. The number of aromatic nitrogens is 1. The molecule has 0 spiro atoms. The van der Waals surface area contributed by atoms with Gasteiger partial charge in [0.1, 0.15) is 5.82 Å². The van der Waals surface area contributed by atoms with Crippen molar-refractivity contribution in [3.63, 3.8) is 0 Å². The van der Waals surface area contributed by atoms with Gasteiger partial charge in [-0.05, 0) is 60.5 Å². The van der Waals surface area contributed by atoms with Crippen molar-refractivity contribution in [3.05, 3.63) is 83.0 Å². The summed E-state index contributed by atoms with van der Waals surface area (Å²) in [7, 11) is 3.19. The number of nitrogens with zero attached hydrogens (tertiary/aromatic N) is 4. The van der Waals surface area contributed by atoms with Crippen molar-refractivity contribution in [2.24, 2.45) is 0 Å². The van der Waals surface area contributed by atoms with Gasteiger partial charge in [0.2, 0.25) is 0 Å². The Kier molecular flexibility index (Phi) is 8.21. The second kappa shape index (κ2) is 11.9. The first kappa shape index (κ1) is 25.5. The number of nitriles is 1. The van der Waals surface area contributed by atoms with Crippen LogP contribution in [0, 0.1) is 11.3 Å². The van der Waals surface area contributed by atoms with Crippen LogP contribution in [0.2, 0.25) is 0 Å². The lowest BCUT2D eigenvalue weighted by Gasteiger charge is -2.36. The van der Waals surface area contributed by atoms with Crippen LogP contribution in [0.3, 0.4) is 0 Å². The molecular formula is C28H29N5O4. The minimum atomic E-state index is -0.195. The fourth-order valence-corrected chi connectivity index (χ4v) is 4.27. The molecule has 37 heavy (non-hydrogen) atoms. The summed E-state index contributed by atoms with van der Waals surface area (Å²) in [6, 6.07) is 17.9. The van der Waals surface area contributed by atoms with Gasteiger partial charge in [-0.2, -0.15) is 5.26 Å². The summed E-state index contributed by atoms with van der Waals surface area (Å²) in [5.41, 5.74) is 2.60. The maximum atomic E-state index is 13.0. The number of hydrogen-bond acceptors (Lipinski definition) is 7. The van der Waals surface area contributed by atoms with E-state index in [0.29, 0.717) is 73.2 Å². The van der Waals surface area contributed by atoms with Crippen molar-refractivity contribution >= 4 is 17.6 Å². The van der Waals surface area contributed by atoms with Gasteiger partial charge in [-0.15, -0.1) is 0 Å². The molecule has 1 aromatic heterocycles. The number of amides is 2. The number of hydrogen-bond donors (Lipinski definition) is 1. The maximum Gasteiger partial charge on any atom is 0.255 e. The van der Waals surface area contributed by atoms with Crippen LogP contribution in [0.25, 0.3) is 0 Å². The molecule has 0 radical (unpaired) electrons. The van der Waals surface area contributed by atoms with Crippen LogP contribution < -0.4 is 19.7 Å². The molecule has 4 rings (SSSR count). The number of rotatable bonds is 8. The van der Waals surface area contributed by atoms with Crippen molar-refractivity contribution in [2.75, 3.05) is 51.8 Å². The van der Waals surface area contributed by atoms with E-state index in [4.69, 9.17) is 14.7 Å². The molecule has 9 heteroatoms. The zero-order valence-electron chi connectivity index (χ0n) is 20.9. The van der Waals surface area contributed by atoms with Gasteiger partial charge in [-0.3, -0.25) is 9.59 Å². The minimum Gasteiger partial charge on any atom is -0.493 e. The third-order valence-corrected chi connectivity index (χ3v) is 6.31. The molecule has 1 aliphatic heterocycles. The van der Waals surface area contributed by atoms with Gasteiger partial charge in [0, 0.05) is 44.5 Å². The zero-order chi connectivity index (χ0) is 26.2. The Balaban J connectivity index is 1.35. The number of carbonyl (C=O) groups is 2. The molecule has 0 bridgehead atoms. The smallest absolute Gasteiger partial charge is 0.255 e. The van der Waals surface area contributed by atoms with Gasteiger partial charge >= 0.3 is 0 Å². The normalized spacial score (nSPS) is 13.0. The molecule has 2 heterocycles. The van der Waals surface area contributed by atoms with Crippen molar-refractivity contribution in [3.8, 4) is 17.6 Å². The monoisotopic (exact) mass is 499 g/mol. The number of piperazine rings is 1. The van der Waals surface area contributed by atoms with Gasteiger partial charge in [0.05, 0.1) is 31.4 Å². The number of methoxy groups -OCH3 is 2. The second-order valence-corrected chi connectivity index (χ2v) is 8.54. The fourth-order valence-electron chi connectivity index (χ4n) is 4.27. The first-order chi connectivity index (χ1) is 18.0. The SMILES string of the molecule is COc1ccc(CCNC(=O)c2cccnc2N2CCN(C(=O)c3ccc(C#N)cc3)CC2)cc1OC. The summed E-state index contributed by atoms with van der Waals surface area (Å²) in [4.78, 5) is 34.2. The highest BCUT2D eigenvalue weighted by Crippen LogP contribution is 2.27. The molecule has 190 valence electrons. The number of pyridine rings is 1. The van der Waals surface area contributed by atoms with Crippen molar-refractivity contribution in [1.29, 1.82) is 5.26 Å². The fraction of sp³-hybridized carbons (Fsp3) is 0.286. The lowest BCUT2D eigenvalue weighted by Crippen LogP contribution is -2.49. The third kappa shape index (κ3) is 5.98. The Morgan fingerprint density at radius 3 is 2.41 bits per heavy atom. The molecule has 0 atom stereocenters. The number of ether oxygens (including phenoxy) is 2. The lowest BCUT2D eigenvalue weighted by atomic mass is 10.1. The molecule has 2 amide bonds. The average Bonchev–Trinajstić information content (AvgIpc) is 2.96. The molecule has 3 aromatic rings. The Morgan fingerprint density at radius 1 is 1.00 bits per heavy atom. The third-order valence-electron chi connectivity index (χ3n) is 6.31. The molecule has 9 nitrogen and oxygen atoms in total. The molecule has 0 saturated carbocycles. The number of anilines is 1. The summed E-state index contributed by atoms with van der Waals surface area (Å²) in [5.74, 6) is 1.65. The highest BCUT2D eigenvalue weighted by atomic mass is 16.5. The summed E-state index contributed by atoms with van der Waals surface area (Å²) < 4.78 is 10.6. The quantitative estimate of drug-likeness (QED) is 0.508. The van der Waals surface area contributed by atoms with E-state index in [9.17, 15) is 9.59 Å². The summed E-state index contributed by atoms with van der Waals surface area (Å²) >= 11 is 0. The van der Waals surface area contributed by atoms with E-state index in [1.807, 2.05) is 23.1 Å². The molecule has 1 fully saturated rings. The number of carbonyl (C=O) groups excluding carboxylic acids is 2. The van der Waals surface area contributed by atoms with Crippen LogP contribution in [0.15, 0.2) is 60.8 Å². The van der Waals surface area contributed by atoms with Crippen LogP contribution in [0.1, 0.15) is 31.8 Å². The van der Waals surface area contributed by atoms with E-state index < -0.39 is 0 Å². The van der Waals surface area contributed by atoms with E-state index in [1.54, 1.807) is 61.7 Å². The molecule has 2 aromatic carbocycles. The van der Waals surface area contributed by atoms with E-state index >= 15 is 0 Å². The Labute approximate surface area is 216 Å². The second-order valence-electron chi connectivity index (χ2n) is 8.54. The van der Waals surface area contributed by atoms with Crippen LogP contribution >= 0.6 is 0 Å². The largest absolute Gasteiger partial charge is 0.493 e. The predicted octanol–water partition coefficient (Wildman–Crippen LogP) is 2.91. The van der Waals surface area contributed by atoms with Crippen LogP contribution in [0.5, 0.6) is 11.5 Å². The molecule has 1 aliphatic rings. The van der Waals surface area contributed by atoms with E-state index in [1.165, 1.54) is 0 Å². The molecule has 1 N–H and O–H groups in total. The predicted molar refractivity (Wildman–Crippen MR) is 139 cm³/mol. The van der Waals surface area contributed by atoms with E-state index in [2.05, 4.69) is 16.4 Å². The van der Waals surface area contributed by atoms with Gasteiger partial charge in [0.15, 0.2) is 11.5 Å². The van der Waals surface area contributed by atoms with Crippen LogP contribution in [0.4, 0.5) is 5.82 Å². The zero-order valence-corrected chi connectivity index (χ0v) is 20.9. The Morgan fingerprint density at radius 2 is 1.73 bits per heavy atom. The molecular weight excluding hydrogens is 470 g/mol. The topological polar surface area (TPSA) is 108 Å². The highest BCUT2D eigenvalue weighted by Gasteiger charge is 2.25. The van der Waals surface area contributed by atoms with Gasteiger partial charge in [0.25, 0.3) is 11.8 Å². The standard InChI is InChI=1S/C28H29N5O4/c1-36-24-10-7-20(18-25(24)37-2)11-13-31-27(34)23-4-3-12-30-26(23)32-14-16-33(17-15-32)28(35)22-8-5-21(19-29)6-9-22/h3-10,12,18H,11,13-17H2,1-2H3,(H,31,34). The first-order valence-electron chi connectivity index (χ1n) is 12.0. The van der Waals surface area contributed by atoms with Crippen LogP contribution in [-0.4, -0.2) is 68.6 Å². The van der Waals surface area contributed by atoms with E-state index in [0.717, 1.165) is 5.56 Å². The highest BCUT2D eigenvalue weighted by molar-refractivity contribution is 5.99. The Hall–Kier alpha value is -4.58. The van der Waals surface area contributed by atoms with Crippen LogP contribution in [-0.2, 0) is 6.42 Å². The van der Waals surface area contributed by atoms with Gasteiger partial charge in [-0.25, -0.2) is 4.98 Å². The van der Waals surface area contributed by atoms with Gasteiger partial charge in [-0.1, -0.05) is 6.07 Å². The van der Waals surface area contributed by atoms with E-state index in [-0.39, 0.29) is 11.8 Å². The minimum absolute atomic E-state index is 0.0710. The molecule has 1 saturated heterocycles. The van der Waals surface area contributed by atoms with Gasteiger partial charge < -0.3 is 24.6 Å². The summed E-state index contributed by atoms with van der Waals surface area (Å²) in [5, 5.41) is 11.9. The van der Waals surface area contributed by atoms with Crippen molar-refractivity contribution in [1.82, 2.24) is 15.2 Å². The number of benzene rings is 2. The summed E-state index contributed by atoms with van der Waals surface area (Å²) in [6.07, 6.45) is 2.31.